The number of hydrogen-bond donors (Lipinski definition) is 3. The summed E-state index contributed by atoms with van der Waals surface area (Å²) < 4.78 is 0. The van der Waals surface area contributed by atoms with Crippen LogP contribution >= 0.6 is 0 Å². The van der Waals surface area contributed by atoms with Gasteiger partial charge in [-0.15, -0.1) is 0 Å². The molecule has 1 aliphatic heterocycles. The molecule has 1 aromatic heterocycles. The van der Waals surface area contributed by atoms with E-state index in [1.807, 2.05) is 18.3 Å². The Morgan fingerprint density at radius 2 is 2.13 bits per heavy atom. The second-order valence-electron chi connectivity index (χ2n) is 4.46. The zero-order valence-corrected chi connectivity index (χ0v) is 8.56. The molecule has 1 aliphatic carbocycles. The van der Waals surface area contributed by atoms with Gasteiger partial charge in [0.05, 0.1) is 6.17 Å². The summed E-state index contributed by atoms with van der Waals surface area (Å²) >= 11 is 0. The van der Waals surface area contributed by atoms with E-state index in [0.717, 1.165) is 11.6 Å². The van der Waals surface area contributed by atoms with Crippen molar-refractivity contribution in [2.24, 2.45) is 11.7 Å². The van der Waals surface area contributed by atoms with Crippen LogP contribution < -0.4 is 16.6 Å². The highest BCUT2D eigenvalue weighted by Gasteiger charge is 2.44. The zero-order chi connectivity index (χ0) is 10.3. The number of nitrogens with two attached hydrogens (primary N) is 1. The summed E-state index contributed by atoms with van der Waals surface area (Å²) in [6.45, 7) is 0. The second kappa shape index (κ2) is 3.56. The van der Waals surface area contributed by atoms with Gasteiger partial charge in [0, 0.05) is 23.9 Å². The molecule has 2 aliphatic rings. The van der Waals surface area contributed by atoms with Crippen molar-refractivity contribution in [2.75, 3.05) is 0 Å². The molecular formula is C11H16N4. The van der Waals surface area contributed by atoms with Gasteiger partial charge < -0.3 is 5.73 Å². The summed E-state index contributed by atoms with van der Waals surface area (Å²) in [5, 5.41) is 0. The number of rotatable bonds is 2. The summed E-state index contributed by atoms with van der Waals surface area (Å²) in [5.41, 5.74) is 13.6. The first kappa shape index (κ1) is 9.27. The van der Waals surface area contributed by atoms with Crippen LogP contribution in [0.3, 0.4) is 0 Å². The van der Waals surface area contributed by atoms with Crippen molar-refractivity contribution < 1.29 is 0 Å². The van der Waals surface area contributed by atoms with E-state index in [2.05, 4.69) is 21.9 Å². The van der Waals surface area contributed by atoms with Crippen LogP contribution in [0.25, 0.3) is 0 Å². The van der Waals surface area contributed by atoms with E-state index < -0.39 is 0 Å². The fourth-order valence-electron chi connectivity index (χ4n) is 2.40. The zero-order valence-electron chi connectivity index (χ0n) is 8.56. The minimum absolute atomic E-state index is 0.0227. The first-order valence-electron chi connectivity index (χ1n) is 5.54. The van der Waals surface area contributed by atoms with Crippen LogP contribution in [0.2, 0.25) is 0 Å². The molecule has 1 aromatic rings. The molecule has 0 aromatic carbocycles. The quantitative estimate of drug-likeness (QED) is 0.650. The van der Waals surface area contributed by atoms with E-state index >= 15 is 0 Å². The van der Waals surface area contributed by atoms with E-state index in [1.165, 1.54) is 12.8 Å². The minimum Gasteiger partial charge on any atom is -0.314 e. The standard InChI is InChI=1S/C11H16N4/c12-11-9(8-3-1-2-6-13-8)10(14-15-11)7-4-5-7/h1-3,6-7,9-11,14-15H,4-5,12H2. The smallest absolute Gasteiger partial charge is 0.0779 e. The first-order valence-corrected chi connectivity index (χ1v) is 5.54. The molecular weight excluding hydrogens is 188 g/mol. The van der Waals surface area contributed by atoms with Crippen LogP contribution in [0.1, 0.15) is 24.5 Å². The molecule has 4 N–H and O–H groups in total. The summed E-state index contributed by atoms with van der Waals surface area (Å²) in [6, 6.07) is 6.48. The monoisotopic (exact) mass is 204 g/mol. The van der Waals surface area contributed by atoms with Crippen molar-refractivity contribution in [2.45, 2.75) is 31.0 Å². The Labute approximate surface area is 89.2 Å². The molecule has 3 unspecified atom stereocenters. The highest BCUT2D eigenvalue weighted by atomic mass is 15.5. The Hall–Kier alpha value is -0.970. The number of aromatic nitrogens is 1. The van der Waals surface area contributed by atoms with Crippen molar-refractivity contribution >= 4 is 0 Å². The first-order chi connectivity index (χ1) is 7.36. The number of nitrogens with zero attached hydrogens (tertiary/aromatic N) is 1. The van der Waals surface area contributed by atoms with Crippen LogP contribution in [-0.2, 0) is 0 Å². The number of hydrogen-bond acceptors (Lipinski definition) is 4. The third-order valence-corrected chi connectivity index (χ3v) is 3.35. The van der Waals surface area contributed by atoms with Crippen molar-refractivity contribution in [3.8, 4) is 0 Å². The van der Waals surface area contributed by atoms with Gasteiger partial charge >= 0.3 is 0 Å². The Morgan fingerprint density at radius 3 is 2.80 bits per heavy atom. The fourth-order valence-corrected chi connectivity index (χ4v) is 2.40. The topological polar surface area (TPSA) is 63.0 Å². The molecule has 15 heavy (non-hydrogen) atoms. The van der Waals surface area contributed by atoms with Gasteiger partial charge in [-0.25, -0.2) is 5.43 Å². The van der Waals surface area contributed by atoms with E-state index in [0.29, 0.717) is 12.0 Å². The third kappa shape index (κ3) is 1.65. The summed E-state index contributed by atoms with van der Waals surface area (Å²) in [6.07, 6.45) is 4.44. The van der Waals surface area contributed by atoms with Gasteiger partial charge in [-0.3, -0.25) is 10.4 Å². The van der Waals surface area contributed by atoms with E-state index in [4.69, 9.17) is 5.73 Å². The molecule has 1 saturated carbocycles. The molecule has 0 amide bonds. The van der Waals surface area contributed by atoms with Gasteiger partial charge in [0.2, 0.25) is 0 Å². The maximum atomic E-state index is 6.05. The average Bonchev–Trinajstić information content (AvgIpc) is 3.04. The minimum atomic E-state index is -0.0227. The SMILES string of the molecule is NC1NNC(C2CC2)C1c1ccccn1. The largest absolute Gasteiger partial charge is 0.314 e. The molecule has 0 spiro atoms. The molecule has 1 saturated heterocycles. The highest BCUT2D eigenvalue weighted by Crippen LogP contribution is 2.40. The van der Waals surface area contributed by atoms with Crippen LogP contribution in [0.4, 0.5) is 0 Å². The molecule has 0 radical (unpaired) electrons. The molecule has 80 valence electrons. The lowest BCUT2D eigenvalue weighted by molar-refractivity contribution is 0.465. The number of pyridine rings is 1. The van der Waals surface area contributed by atoms with Crippen LogP contribution in [-0.4, -0.2) is 17.2 Å². The maximum Gasteiger partial charge on any atom is 0.0779 e. The van der Waals surface area contributed by atoms with Gasteiger partial charge in [0.1, 0.15) is 0 Å². The van der Waals surface area contributed by atoms with E-state index in [-0.39, 0.29) is 6.17 Å². The predicted molar refractivity (Wildman–Crippen MR) is 57.7 cm³/mol. The Kier molecular flexibility index (Phi) is 2.20. The van der Waals surface area contributed by atoms with Crippen molar-refractivity contribution in [1.29, 1.82) is 0 Å². The van der Waals surface area contributed by atoms with Gasteiger partial charge in [0.25, 0.3) is 0 Å². The van der Waals surface area contributed by atoms with Gasteiger partial charge in [-0.05, 0) is 30.9 Å². The van der Waals surface area contributed by atoms with Crippen LogP contribution in [0.5, 0.6) is 0 Å². The third-order valence-electron chi connectivity index (χ3n) is 3.35. The molecule has 4 heteroatoms. The van der Waals surface area contributed by atoms with Crippen molar-refractivity contribution in [3.63, 3.8) is 0 Å². The molecule has 2 heterocycles. The highest BCUT2D eigenvalue weighted by molar-refractivity contribution is 5.18. The van der Waals surface area contributed by atoms with Crippen molar-refractivity contribution in [1.82, 2.24) is 15.8 Å². The average molecular weight is 204 g/mol. The van der Waals surface area contributed by atoms with Gasteiger partial charge in [-0.1, -0.05) is 6.07 Å². The van der Waals surface area contributed by atoms with Crippen LogP contribution in [0, 0.1) is 5.92 Å². The molecule has 2 fully saturated rings. The summed E-state index contributed by atoms with van der Waals surface area (Å²) in [4.78, 5) is 4.41. The Morgan fingerprint density at radius 1 is 1.27 bits per heavy atom. The predicted octanol–water partition coefficient (Wildman–Crippen LogP) is 0.336. The van der Waals surface area contributed by atoms with Gasteiger partial charge in [-0.2, -0.15) is 0 Å². The second-order valence-corrected chi connectivity index (χ2v) is 4.46. The van der Waals surface area contributed by atoms with Crippen LogP contribution in [0.15, 0.2) is 24.4 Å². The maximum absolute atomic E-state index is 6.05. The summed E-state index contributed by atoms with van der Waals surface area (Å²) in [7, 11) is 0. The Balaban J connectivity index is 1.88. The van der Waals surface area contributed by atoms with E-state index in [9.17, 15) is 0 Å². The molecule has 4 nitrogen and oxygen atoms in total. The number of hydrazine groups is 1. The summed E-state index contributed by atoms with van der Waals surface area (Å²) in [5.74, 6) is 1.08. The Bertz CT molecular complexity index is 336. The van der Waals surface area contributed by atoms with Gasteiger partial charge in [0.15, 0.2) is 0 Å². The lowest BCUT2D eigenvalue weighted by Crippen LogP contribution is -2.38. The van der Waals surface area contributed by atoms with Crippen molar-refractivity contribution in [3.05, 3.63) is 30.1 Å². The lowest BCUT2D eigenvalue weighted by Gasteiger charge is -2.19. The molecule has 3 rings (SSSR count). The molecule has 0 bridgehead atoms. The normalized spacial score (nSPS) is 35.7. The fraction of sp³-hybridized carbons (Fsp3) is 0.545. The lowest BCUT2D eigenvalue weighted by atomic mass is 9.92. The number of nitrogens with one attached hydrogen (secondary N) is 2. The molecule has 3 atom stereocenters. The van der Waals surface area contributed by atoms with E-state index in [1.54, 1.807) is 0 Å².